The second-order valence-corrected chi connectivity index (χ2v) is 7.83. The maximum Gasteiger partial charge on any atom is 0.249 e. The van der Waals surface area contributed by atoms with E-state index in [1.807, 2.05) is 47.8 Å². The van der Waals surface area contributed by atoms with Gasteiger partial charge < -0.3 is 5.32 Å². The summed E-state index contributed by atoms with van der Waals surface area (Å²) in [7, 11) is 0. The minimum Gasteiger partial charge on any atom is -0.307 e. The highest BCUT2D eigenvalue weighted by Gasteiger charge is 2.14. The van der Waals surface area contributed by atoms with E-state index in [0.717, 1.165) is 27.5 Å². The Morgan fingerprint density at radius 3 is 2.66 bits per heavy atom. The van der Waals surface area contributed by atoms with E-state index in [9.17, 15) is 0 Å². The van der Waals surface area contributed by atoms with Crippen molar-refractivity contribution in [1.29, 1.82) is 0 Å². The number of hydrogen-bond donors (Lipinski definition) is 1. The van der Waals surface area contributed by atoms with Crippen LogP contribution in [0.25, 0.3) is 27.5 Å². The molecule has 0 saturated heterocycles. The van der Waals surface area contributed by atoms with Gasteiger partial charge in [-0.25, -0.2) is 14.5 Å². The van der Waals surface area contributed by atoms with Gasteiger partial charge in [-0.3, -0.25) is 0 Å². The van der Waals surface area contributed by atoms with Crippen LogP contribution in [0.3, 0.4) is 0 Å². The zero-order valence-corrected chi connectivity index (χ0v) is 17.1. The van der Waals surface area contributed by atoms with Crippen molar-refractivity contribution in [2.24, 2.45) is 0 Å². The molecule has 0 amide bonds. The van der Waals surface area contributed by atoms with Crippen molar-refractivity contribution in [3.8, 4) is 22.5 Å². The number of anilines is 2. The summed E-state index contributed by atoms with van der Waals surface area (Å²) in [5, 5.41) is 10.8. The molecule has 0 atom stereocenters. The number of fused-ring (bicyclic) bond motifs is 1. The molecule has 5 aromatic rings. The van der Waals surface area contributed by atoms with Crippen molar-refractivity contribution in [2.75, 3.05) is 5.32 Å². The number of rotatable bonds is 4. The van der Waals surface area contributed by atoms with Crippen LogP contribution in [-0.2, 0) is 0 Å². The molecule has 6 nitrogen and oxygen atoms in total. The molecule has 0 aliphatic heterocycles. The van der Waals surface area contributed by atoms with E-state index in [4.69, 9.17) is 23.2 Å². The van der Waals surface area contributed by atoms with E-state index in [1.54, 1.807) is 16.6 Å². The van der Waals surface area contributed by atoms with Crippen molar-refractivity contribution < 1.29 is 0 Å². The van der Waals surface area contributed by atoms with Gasteiger partial charge in [0.25, 0.3) is 0 Å². The van der Waals surface area contributed by atoms with Crippen molar-refractivity contribution >= 4 is 51.3 Å². The summed E-state index contributed by atoms with van der Waals surface area (Å²) in [6.07, 6.45) is 1.52. The molecular weight excluding hydrogens is 427 g/mol. The number of aromatic nitrogens is 5. The van der Waals surface area contributed by atoms with Crippen molar-refractivity contribution in [3.05, 3.63) is 76.3 Å². The summed E-state index contributed by atoms with van der Waals surface area (Å²) in [6.45, 7) is 0. The van der Waals surface area contributed by atoms with E-state index in [1.165, 1.54) is 17.7 Å². The minimum atomic E-state index is 0.445. The fourth-order valence-electron chi connectivity index (χ4n) is 2.92. The summed E-state index contributed by atoms with van der Waals surface area (Å²) < 4.78 is 1.75. The summed E-state index contributed by atoms with van der Waals surface area (Å²) >= 11 is 13.8. The third-order valence-corrected chi connectivity index (χ3v) is 5.63. The molecule has 3 heterocycles. The summed E-state index contributed by atoms with van der Waals surface area (Å²) in [4.78, 5) is 13.9. The van der Waals surface area contributed by atoms with Crippen LogP contribution in [0.5, 0.6) is 0 Å². The van der Waals surface area contributed by atoms with Crippen molar-refractivity contribution in [2.45, 2.75) is 0 Å². The number of nitrogens with one attached hydrogen (secondary N) is 1. The Balaban J connectivity index is 1.47. The molecule has 2 aromatic carbocycles. The van der Waals surface area contributed by atoms with E-state index in [-0.39, 0.29) is 0 Å². The largest absolute Gasteiger partial charge is 0.307 e. The molecule has 0 saturated carbocycles. The highest BCUT2D eigenvalue weighted by atomic mass is 35.5. The smallest absolute Gasteiger partial charge is 0.249 e. The molecule has 9 heteroatoms. The minimum absolute atomic E-state index is 0.445. The van der Waals surface area contributed by atoms with Gasteiger partial charge in [0.15, 0.2) is 0 Å². The van der Waals surface area contributed by atoms with Gasteiger partial charge in [-0.15, -0.1) is 16.4 Å². The molecule has 0 fully saturated rings. The zero-order valence-electron chi connectivity index (χ0n) is 14.8. The van der Waals surface area contributed by atoms with E-state index in [0.29, 0.717) is 21.8 Å². The molecule has 0 unspecified atom stereocenters. The molecule has 0 aliphatic rings. The van der Waals surface area contributed by atoms with Crippen LogP contribution in [0.4, 0.5) is 11.8 Å². The molecule has 0 spiro atoms. The molecular formula is C20H12Cl2N6S. The molecule has 5 rings (SSSR count). The van der Waals surface area contributed by atoms with Crippen LogP contribution in [0, 0.1) is 0 Å². The Morgan fingerprint density at radius 1 is 0.966 bits per heavy atom. The van der Waals surface area contributed by atoms with Gasteiger partial charge >= 0.3 is 0 Å². The number of thiazole rings is 1. The first kappa shape index (κ1) is 18.1. The molecule has 0 bridgehead atoms. The highest BCUT2D eigenvalue weighted by Crippen LogP contribution is 2.33. The second kappa shape index (κ2) is 7.44. The van der Waals surface area contributed by atoms with Crippen LogP contribution >= 0.6 is 34.5 Å². The fraction of sp³-hybridized carbons (Fsp3) is 0. The first-order valence-corrected chi connectivity index (χ1v) is 10.2. The topological polar surface area (TPSA) is 68.0 Å². The van der Waals surface area contributed by atoms with Gasteiger partial charge in [0.2, 0.25) is 10.9 Å². The maximum atomic E-state index is 6.36. The molecule has 142 valence electrons. The summed E-state index contributed by atoms with van der Waals surface area (Å²) in [5.41, 5.74) is 3.52. The molecule has 0 radical (unpaired) electrons. The number of hydrogen-bond acceptors (Lipinski definition) is 6. The fourth-order valence-corrected chi connectivity index (χ4v) is 4.25. The number of nitrogens with zero attached hydrogens (tertiary/aromatic N) is 5. The Bertz CT molecular complexity index is 1320. The SMILES string of the molecule is Clc1ccc(-c2csc3nc(Nc4cc(-c5ccccc5)ncn4)nn23)c(Cl)c1. The van der Waals surface area contributed by atoms with E-state index < -0.39 is 0 Å². The van der Waals surface area contributed by atoms with Gasteiger partial charge in [0, 0.05) is 27.6 Å². The van der Waals surface area contributed by atoms with Crippen LogP contribution in [0.2, 0.25) is 10.0 Å². The van der Waals surface area contributed by atoms with Gasteiger partial charge in [0.1, 0.15) is 12.1 Å². The summed E-state index contributed by atoms with van der Waals surface area (Å²) in [5.74, 6) is 1.06. The van der Waals surface area contributed by atoms with E-state index in [2.05, 4.69) is 25.4 Å². The van der Waals surface area contributed by atoms with Crippen LogP contribution in [-0.4, -0.2) is 24.6 Å². The number of benzene rings is 2. The van der Waals surface area contributed by atoms with Crippen molar-refractivity contribution in [3.63, 3.8) is 0 Å². The summed E-state index contributed by atoms with van der Waals surface area (Å²) in [6, 6.07) is 17.2. The Hall–Kier alpha value is -3.00. The molecule has 1 N–H and O–H groups in total. The molecule has 3 aromatic heterocycles. The maximum absolute atomic E-state index is 6.36. The van der Waals surface area contributed by atoms with E-state index >= 15 is 0 Å². The van der Waals surface area contributed by atoms with Gasteiger partial charge in [-0.1, -0.05) is 53.5 Å². The number of halogens is 2. The molecule has 29 heavy (non-hydrogen) atoms. The lowest BCUT2D eigenvalue weighted by Gasteiger charge is -2.04. The zero-order chi connectivity index (χ0) is 19.8. The normalized spacial score (nSPS) is 11.1. The van der Waals surface area contributed by atoms with Gasteiger partial charge in [-0.2, -0.15) is 4.98 Å². The third kappa shape index (κ3) is 3.55. The Morgan fingerprint density at radius 2 is 1.83 bits per heavy atom. The Labute approximate surface area is 179 Å². The lowest BCUT2D eigenvalue weighted by atomic mass is 10.1. The first-order chi connectivity index (χ1) is 14.2. The lowest BCUT2D eigenvalue weighted by Crippen LogP contribution is -1.98. The van der Waals surface area contributed by atoms with Gasteiger partial charge in [-0.05, 0) is 18.2 Å². The van der Waals surface area contributed by atoms with Crippen molar-refractivity contribution in [1.82, 2.24) is 24.6 Å². The van der Waals surface area contributed by atoms with Crippen LogP contribution in [0.15, 0.2) is 66.3 Å². The quantitative estimate of drug-likeness (QED) is 0.374. The van der Waals surface area contributed by atoms with Crippen LogP contribution < -0.4 is 5.32 Å². The first-order valence-electron chi connectivity index (χ1n) is 8.61. The third-order valence-electron chi connectivity index (χ3n) is 4.27. The highest BCUT2D eigenvalue weighted by molar-refractivity contribution is 7.15. The predicted octanol–water partition coefficient (Wildman–Crippen LogP) is 5.97. The molecule has 0 aliphatic carbocycles. The second-order valence-electron chi connectivity index (χ2n) is 6.15. The van der Waals surface area contributed by atoms with Crippen LogP contribution in [0.1, 0.15) is 0 Å². The average molecular weight is 439 g/mol. The average Bonchev–Trinajstić information content (AvgIpc) is 3.29. The Kier molecular flexibility index (Phi) is 4.63. The lowest BCUT2D eigenvalue weighted by molar-refractivity contribution is 0.986. The monoisotopic (exact) mass is 438 g/mol. The van der Waals surface area contributed by atoms with Gasteiger partial charge in [0.05, 0.1) is 16.4 Å². The predicted molar refractivity (Wildman–Crippen MR) is 117 cm³/mol. The standard InChI is InChI=1S/C20H12Cl2N6S/c21-13-6-7-14(15(22)8-13)17-10-29-20-26-19(27-28(17)20)25-18-9-16(23-11-24-18)12-4-2-1-3-5-12/h1-11H,(H,23,24,25,27).